The van der Waals surface area contributed by atoms with E-state index < -0.39 is 0 Å². The highest BCUT2D eigenvalue weighted by Gasteiger charge is 2.27. The molecule has 136 valence electrons. The van der Waals surface area contributed by atoms with Crippen molar-refractivity contribution in [2.75, 3.05) is 26.2 Å². The first kappa shape index (κ1) is 17.8. The number of urea groups is 1. The van der Waals surface area contributed by atoms with E-state index in [9.17, 15) is 9.59 Å². The summed E-state index contributed by atoms with van der Waals surface area (Å²) in [5.41, 5.74) is 6.79. The van der Waals surface area contributed by atoms with Gasteiger partial charge in [0.25, 0.3) is 0 Å². The molecule has 3 amide bonds. The minimum Gasteiger partial charge on any atom is -0.351 e. The minimum atomic E-state index is -0.381. The fourth-order valence-corrected chi connectivity index (χ4v) is 4.19. The predicted octanol–water partition coefficient (Wildman–Crippen LogP) is 2.96. The number of carbonyl (C=O) groups excluding carboxylic acids is 2. The third-order valence-electron chi connectivity index (χ3n) is 5.74. The average Bonchev–Trinajstić information content (AvgIpc) is 2.89. The molecule has 2 fully saturated rings. The molecule has 1 aliphatic heterocycles. The Morgan fingerprint density at radius 1 is 0.920 bits per heavy atom. The van der Waals surface area contributed by atoms with Gasteiger partial charge in [-0.2, -0.15) is 0 Å². The Balaban J connectivity index is 1.45. The standard InChI is InChI=1S/C20H29N3O2/c21-20(25)23-12-4-11-22(13-14-23)19(24)15-16-7-9-18(10-8-16)17-5-2-1-3-6-17/h1-3,5-6,16,18H,4,7-15H2,(H2,21,25). The molecule has 0 bridgehead atoms. The first-order valence-corrected chi connectivity index (χ1v) is 9.50. The highest BCUT2D eigenvalue weighted by Crippen LogP contribution is 2.37. The highest BCUT2D eigenvalue weighted by atomic mass is 16.2. The van der Waals surface area contributed by atoms with E-state index >= 15 is 0 Å². The van der Waals surface area contributed by atoms with Crippen molar-refractivity contribution in [3.05, 3.63) is 35.9 Å². The number of amides is 3. The molecule has 0 unspecified atom stereocenters. The van der Waals surface area contributed by atoms with Crippen LogP contribution >= 0.6 is 0 Å². The van der Waals surface area contributed by atoms with Crippen molar-refractivity contribution < 1.29 is 9.59 Å². The third kappa shape index (κ3) is 4.74. The molecule has 2 aliphatic rings. The van der Waals surface area contributed by atoms with Crippen LogP contribution in [0.3, 0.4) is 0 Å². The first-order valence-electron chi connectivity index (χ1n) is 9.50. The maximum atomic E-state index is 12.6. The second-order valence-electron chi connectivity index (χ2n) is 7.39. The van der Waals surface area contributed by atoms with Gasteiger partial charge in [-0.3, -0.25) is 4.79 Å². The fourth-order valence-electron chi connectivity index (χ4n) is 4.19. The van der Waals surface area contributed by atoms with E-state index in [-0.39, 0.29) is 11.9 Å². The van der Waals surface area contributed by atoms with Crippen LogP contribution in [0.2, 0.25) is 0 Å². The van der Waals surface area contributed by atoms with Gasteiger partial charge in [-0.25, -0.2) is 4.79 Å². The molecule has 1 saturated heterocycles. The van der Waals surface area contributed by atoms with Crippen molar-refractivity contribution >= 4 is 11.9 Å². The monoisotopic (exact) mass is 343 g/mol. The Labute approximate surface area is 150 Å². The SMILES string of the molecule is NC(=O)N1CCCN(C(=O)CC2CCC(c3ccccc3)CC2)CC1. The van der Waals surface area contributed by atoms with E-state index in [1.165, 1.54) is 18.4 Å². The van der Waals surface area contributed by atoms with Crippen molar-refractivity contribution in [1.29, 1.82) is 0 Å². The fraction of sp³-hybridized carbons (Fsp3) is 0.600. The lowest BCUT2D eigenvalue weighted by molar-refractivity contribution is -0.132. The second-order valence-corrected chi connectivity index (χ2v) is 7.39. The van der Waals surface area contributed by atoms with Gasteiger partial charge < -0.3 is 15.5 Å². The van der Waals surface area contributed by atoms with E-state index in [4.69, 9.17) is 5.73 Å². The second kappa shape index (κ2) is 8.37. The molecular formula is C20H29N3O2. The summed E-state index contributed by atoms with van der Waals surface area (Å²) in [4.78, 5) is 27.5. The lowest BCUT2D eigenvalue weighted by atomic mass is 9.77. The van der Waals surface area contributed by atoms with Crippen molar-refractivity contribution in [1.82, 2.24) is 9.80 Å². The van der Waals surface area contributed by atoms with Crippen LogP contribution < -0.4 is 5.73 Å². The summed E-state index contributed by atoms with van der Waals surface area (Å²) in [6, 6.07) is 10.3. The summed E-state index contributed by atoms with van der Waals surface area (Å²) >= 11 is 0. The van der Waals surface area contributed by atoms with Gasteiger partial charge in [0, 0.05) is 32.6 Å². The molecule has 0 aromatic heterocycles. The van der Waals surface area contributed by atoms with Crippen LogP contribution in [0, 0.1) is 5.92 Å². The smallest absolute Gasteiger partial charge is 0.314 e. The number of nitrogens with two attached hydrogens (primary N) is 1. The van der Waals surface area contributed by atoms with Crippen LogP contribution in [-0.4, -0.2) is 47.9 Å². The Hall–Kier alpha value is -2.04. The maximum Gasteiger partial charge on any atom is 0.314 e. The number of carbonyl (C=O) groups is 2. The van der Waals surface area contributed by atoms with Gasteiger partial charge in [0.15, 0.2) is 0 Å². The number of hydrogen-bond acceptors (Lipinski definition) is 2. The molecule has 5 heteroatoms. The molecule has 5 nitrogen and oxygen atoms in total. The summed E-state index contributed by atoms with van der Waals surface area (Å²) in [5.74, 6) is 1.40. The minimum absolute atomic E-state index is 0.245. The van der Waals surface area contributed by atoms with Crippen molar-refractivity contribution in [3.8, 4) is 0 Å². The van der Waals surface area contributed by atoms with Crippen molar-refractivity contribution in [2.45, 2.75) is 44.4 Å². The number of hydrogen-bond donors (Lipinski definition) is 1. The summed E-state index contributed by atoms with van der Waals surface area (Å²) in [7, 11) is 0. The van der Waals surface area contributed by atoms with Crippen molar-refractivity contribution in [2.24, 2.45) is 11.7 Å². The van der Waals surface area contributed by atoms with Crippen LogP contribution in [0.5, 0.6) is 0 Å². The summed E-state index contributed by atoms with van der Waals surface area (Å²) in [6.07, 6.45) is 6.08. The average molecular weight is 343 g/mol. The van der Waals surface area contributed by atoms with E-state index in [2.05, 4.69) is 30.3 Å². The molecule has 25 heavy (non-hydrogen) atoms. The highest BCUT2D eigenvalue weighted by molar-refractivity contribution is 5.77. The third-order valence-corrected chi connectivity index (χ3v) is 5.74. The van der Waals surface area contributed by atoms with Crippen LogP contribution in [0.4, 0.5) is 4.79 Å². The van der Waals surface area contributed by atoms with Gasteiger partial charge in [-0.15, -0.1) is 0 Å². The van der Waals surface area contributed by atoms with Crippen LogP contribution in [0.15, 0.2) is 30.3 Å². The van der Waals surface area contributed by atoms with Gasteiger partial charge in [0.2, 0.25) is 5.91 Å². The Morgan fingerprint density at radius 3 is 2.24 bits per heavy atom. The zero-order valence-electron chi connectivity index (χ0n) is 14.9. The molecule has 1 aliphatic carbocycles. The van der Waals surface area contributed by atoms with Gasteiger partial charge in [0.1, 0.15) is 0 Å². The van der Waals surface area contributed by atoms with E-state index in [1.807, 2.05) is 4.90 Å². The Morgan fingerprint density at radius 2 is 1.56 bits per heavy atom. The van der Waals surface area contributed by atoms with Gasteiger partial charge in [-0.05, 0) is 49.5 Å². The van der Waals surface area contributed by atoms with Crippen LogP contribution in [0.25, 0.3) is 0 Å². The van der Waals surface area contributed by atoms with Crippen LogP contribution in [0.1, 0.15) is 50.0 Å². The number of nitrogens with zero attached hydrogens (tertiary/aromatic N) is 2. The lowest BCUT2D eigenvalue weighted by Crippen LogP contribution is -2.40. The topological polar surface area (TPSA) is 66.6 Å². The Bertz CT molecular complexity index is 582. The van der Waals surface area contributed by atoms with Gasteiger partial charge in [-0.1, -0.05) is 30.3 Å². The lowest BCUT2D eigenvalue weighted by Gasteiger charge is -2.30. The molecule has 3 rings (SSSR count). The van der Waals surface area contributed by atoms with E-state index in [0.717, 1.165) is 25.8 Å². The zero-order chi connectivity index (χ0) is 17.6. The summed E-state index contributed by atoms with van der Waals surface area (Å²) in [6.45, 7) is 2.56. The molecule has 0 spiro atoms. The quantitative estimate of drug-likeness (QED) is 0.917. The molecule has 1 aromatic carbocycles. The Kier molecular flexibility index (Phi) is 5.95. The number of benzene rings is 1. The predicted molar refractivity (Wildman–Crippen MR) is 98.1 cm³/mol. The summed E-state index contributed by atoms with van der Waals surface area (Å²) < 4.78 is 0. The molecule has 2 N–H and O–H groups in total. The summed E-state index contributed by atoms with van der Waals surface area (Å²) in [5, 5.41) is 0. The molecule has 1 saturated carbocycles. The molecule has 0 radical (unpaired) electrons. The van der Waals surface area contributed by atoms with Crippen molar-refractivity contribution in [3.63, 3.8) is 0 Å². The number of primary amides is 1. The molecular weight excluding hydrogens is 314 g/mol. The normalized spacial score (nSPS) is 24.6. The zero-order valence-corrected chi connectivity index (χ0v) is 14.9. The molecule has 0 atom stereocenters. The van der Waals surface area contributed by atoms with E-state index in [0.29, 0.717) is 37.9 Å². The molecule has 1 heterocycles. The van der Waals surface area contributed by atoms with E-state index in [1.54, 1.807) is 4.90 Å². The number of rotatable bonds is 3. The first-order chi connectivity index (χ1) is 12.1. The van der Waals surface area contributed by atoms with Gasteiger partial charge >= 0.3 is 6.03 Å². The molecule has 1 aromatic rings. The maximum absolute atomic E-state index is 12.6. The largest absolute Gasteiger partial charge is 0.351 e. The van der Waals surface area contributed by atoms with Gasteiger partial charge in [0.05, 0.1) is 0 Å². The van der Waals surface area contributed by atoms with Crippen LogP contribution in [-0.2, 0) is 4.79 Å².